The average molecular weight is 283 g/mol. The third-order valence-corrected chi connectivity index (χ3v) is 4.01. The molecular weight excluding hydrogens is 270 g/mol. The van der Waals surface area contributed by atoms with Gasteiger partial charge in [-0.3, -0.25) is 4.79 Å². The Morgan fingerprint density at radius 3 is 2.75 bits per heavy atom. The summed E-state index contributed by atoms with van der Waals surface area (Å²) in [7, 11) is 0. The van der Waals surface area contributed by atoms with Gasteiger partial charge in [-0.1, -0.05) is 18.2 Å². The highest BCUT2D eigenvalue weighted by atomic mass is 32.2. The zero-order valence-electron chi connectivity index (χ0n) is 10.9. The average Bonchev–Trinajstić information content (AvgIpc) is 2.48. The van der Waals surface area contributed by atoms with Crippen LogP contribution < -0.4 is 5.56 Å². The molecule has 20 heavy (non-hydrogen) atoms. The van der Waals surface area contributed by atoms with E-state index >= 15 is 0 Å². The van der Waals surface area contributed by atoms with Crippen LogP contribution >= 0.6 is 11.8 Å². The van der Waals surface area contributed by atoms with Crippen molar-refractivity contribution >= 4 is 22.5 Å². The molecule has 100 valence electrons. The molecule has 0 bridgehead atoms. The number of rotatable bonds is 2. The van der Waals surface area contributed by atoms with Crippen LogP contribution in [0.2, 0.25) is 0 Å². The monoisotopic (exact) mass is 283 g/mol. The number of hydrogen-bond acceptors (Lipinski definition) is 3. The largest absolute Gasteiger partial charge is 0.507 e. The number of fused-ring (bicyclic) bond motifs is 1. The minimum absolute atomic E-state index is 0.123. The lowest BCUT2D eigenvalue weighted by Crippen LogP contribution is -2.05. The number of nitrogens with one attached hydrogen (secondary N) is 1. The van der Waals surface area contributed by atoms with E-state index in [9.17, 15) is 9.90 Å². The van der Waals surface area contributed by atoms with E-state index < -0.39 is 0 Å². The number of phenols is 1. The van der Waals surface area contributed by atoms with Crippen molar-refractivity contribution in [2.24, 2.45) is 0 Å². The highest BCUT2D eigenvalue weighted by Crippen LogP contribution is 2.33. The molecule has 2 aromatic carbocycles. The Morgan fingerprint density at radius 1 is 1.15 bits per heavy atom. The molecule has 3 nitrogen and oxygen atoms in total. The first-order valence-electron chi connectivity index (χ1n) is 6.18. The molecule has 0 fully saturated rings. The van der Waals surface area contributed by atoms with Crippen LogP contribution in [-0.4, -0.2) is 16.3 Å². The van der Waals surface area contributed by atoms with Crippen LogP contribution in [0.15, 0.2) is 58.4 Å². The number of benzene rings is 2. The molecule has 0 spiro atoms. The van der Waals surface area contributed by atoms with Crippen molar-refractivity contribution in [3.63, 3.8) is 0 Å². The SMILES string of the molecule is CSc1cccc(-c2c[nH]c(=O)c3cccc(O)c23)c1. The van der Waals surface area contributed by atoms with E-state index in [4.69, 9.17) is 0 Å². The van der Waals surface area contributed by atoms with Crippen molar-refractivity contribution in [2.45, 2.75) is 4.90 Å². The fourth-order valence-electron chi connectivity index (χ4n) is 2.32. The third-order valence-electron chi connectivity index (χ3n) is 3.28. The van der Waals surface area contributed by atoms with Crippen LogP contribution in [0.4, 0.5) is 0 Å². The second-order valence-electron chi connectivity index (χ2n) is 4.46. The van der Waals surface area contributed by atoms with Crippen molar-refractivity contribution in [1.29, 1.82) is 0 Å². The van der Waals surface area contributed by atoms with Gasteiger partial charge in [-0.25, -0.2) is 0 Å². The Hall–Kier alpha value is -2.20. The topological polar surface area (TPSA) is 53.1 Å². The lowest BCUT2D eigenvalue weighted by Gasteiger charge is -2.09. The molecule has 0 saturated carbocycles. The number of hydrogen-bond donors (Lipinski definition) is 2. The summed E-state index contributed by atoms with van der Waals surface area (Å²) < 4.78 is 0. The molecule has 0 radical (unpaired) electrons. The molecule has 0 aliphatic heterocycles. The van der Waals surface area contributed by atoms with Crippen LogP contribution in [0.5, 0.6) is 5.75 Å². The number of H-pyrrole nitrogens is 1. The van der Waals surface area contributed by atoms with Crippen molar-refractivity contribution in [3.8, 4) is 16.9 Å². The highest BCUT2D eigenvalue weighted by molar-refractivity contribution is 7.98. The van der Waals surface area contributed by atoms with Crippen LogP contribution in [0.3, 0.4) is 0 Å². The number of aromatic nitrogens is 1. The van der Waals surface area contributed by atoms with E-state index in [1.165, 1.54) is 0 Å². The Morgan fingerprint density at radius 2 is 1.95 bits per heavy atom. The van der Waals surface area contributed by atoms with Gasteiger partial charge in [0.05, 0.1) is 5.39 Å². The van der Waals surface area contributed by atoms with Gasteiger partial charge in [-0.15, -0.1) is 11.8 Å². The number of pyridine rings is 1. The van der Waals surface area contributed by atoms with Crippen LogP contribution in [0, 0.1) is 0 Å². The van der Waals surface area contributed by atoms with E-state index in [1.54, 1.807) is 36.2 Å². The van der Waals surface area contributed by atoms with Crippen molar-refractivity contribution in [3.05, 3.63) is 59.0 Å². The lowest BCUT2D eigenvalue weighted by atomic mass is 10.0. The predicted octanol–water partition coefficient (Wildman–Crippen LogP) is 3.62. The van der Waals surface area contributed by atoms with Gasteiger partial charge in [0.2, 0.25) is 0 Å². The molecule has 0 aliphatic carbocycles. The number of aromatic amines is 1. The maximum atomic E-state index is 11.9. The first kappa shape index (κ1) is 12.8. The molecule has 0 unspecified atom stereocenters. The third kappa shape index (κ3) is 2.08. The summed E-state index contributed by atoms with van der Waals surface area (Å²) in [6.45, 7) is 0. The second-order valence-corrected chi connectivity index (χ2v) is 5.34. The lowest BCUT2D eigenvalue weighted by molar-refractivity contribution is 0.481. The van der Waals surface area contributed by atoms with Gasteiger partial charge in [-0.2, -0.15) is 0 Å². The maximum absolute atomic E-state index is 11.9. The first-order valence-corrected chi connectivity index (χ1v) is 7.41. The predicted molar refractivity (Wildman–Crippen MR) is 83.5 cm³/mol. The van der Waals surface area contributed by atoms with Crippen molar-refractivity contribution in [1.82, 2.24) is 4.98 Å². The molecular formula is C16H13NO2S. The van der Waals surface area contributed by atoms with E-state index in [2.05, 4.69) is 4.98 Å². The Bertz CT molecular complexity index is 839. The molecule has 0 amide bonds. The van der Waals surface area contributed by atoms with Crippen LogP contribution in [0.25, 0.3) is 21.9 Å². The van der Waals surface area contributed by atoms with Crippen LogP contribution in [-0.2, 0) is 0 Å². The van der Waals surface area contributed by atoms with Gasteiger partial charge in [-0.05, 0) is 36.1 Å². The number of phenolic OH excluding ortho intramolecular Hbond substituents is 1. The smallest absolute Gasteiger partial charge is 0.255 e. The minimum atomic E-state index is -0.194. The molecule has 3 aromatic rings. The normalized spacial score (nSPS) is 10.8. The van der Waals surface area contributed by atoms with E-state index in [0.717, 1.165) is 16.0 Å². The minimum Gasteiger partial charge on any atom is -0.507 e. The Labute approximate surface area is 120 Å². The molecule has 0 saturated heterocycles. The molecule has 1 heterocycles. The Kier molecular flexibility index (Phi) is 3.24. The summed E-state index contributed by atoms with van der Waals surface area (Å²) in [5.41, 5.74) is 1.61. The fourth-order valence-corrected chi connectivity index (χ4v) is 2.78. The molecule has 4 heteroatoms. The fraction of sp³-hybridized carbons (Fsp3) is 0.0625. The second kappa shape index (κ2) is 5.06. The van der Waals surface area contributed by atoms with E-state index in [0.29, 0.717) is 10.8 Å². The molecule has 0 aliphatic rings. The summed E-state index contributed by atoms with van der Waals surface area (Å²) in [6.07, 6.45) is 3.67. The zero-order chi connectivity index (χ0) is 14.1. The molecule has 3 rings (SSSR count). The first-order chi connectivity index (χ1) is 9.70. The Balaban J connectivity index is 2.36. The number of aromatic hydroxyl groups is 1. The van der Waals surface area contributed by atoms with Crippen molar-refractivity contribution in [2.75, 3.05) is 6.26 Å². The van der Waals surface area contributed by atoms with E-state index in [-0.39, 0.29) is 11.3 Å². The molecule has 2 N–H and O–H groups in total. The van der Waals surface area contributed by atoms with Gasteiger partial charge in [0.15, 0.2) is 0 Å². The zero-order valence-corrected chi connectivity index (χ0v) is 11.7. The van der Waals surface area contributed by atoms with Gasteiger partial charge in [0, 0.05) is 22.0 Å². The van der Waals surface area contributed by atoms with Crippen LogP contribution in [0.1, 0.15) is 0 Å². The highest BCUT2D eigenvalue weighted by Gasteiger charge is 2.10. The standard InChI is InChI=1S/C16H13NO2S/c1-20-11-5-2-4-10(8-11)13-9-17-16(19)12-6-3-7-14(18)15(12)13/h2-9,18H,1H3,(H,17,19). The molecule has 1 aromatic heterocycles. The summed E-state index contributed by atoms with van der Waals surface area (Å²) in [5, 5.41) is 11.2. The van der Waals surface area contributed by atoms with Gasteiger partial charge in [0.1, 0.15) is 5.75 Å². The molecule has 0 atom stereocenters. The summed E-state index contributed by atoms with van der Waals surface area (Å²) >= 11 is 1.66. The van der Waals surface area contributed by atoms with Crippen molar-refractivity contribution < 1.29 is 5.11 Å². The quantitative estimate of drug-likeness (QED) is 0.706. The summed E-state index contributed by atoms with van der Waals surface area (Å²) in [4.78, 5) is 15.7. The summed E-state index contributed by atoms with van der Waals surface area (Å²) in [6, 6.07) is 13.0. The van der Waals surface area contributed by atoms with Gasteiger partial charge < -0.3 is 10.1 Å². The number of thioether (sulfide) groups is 1. The van der Waals surface area contributed by atoms with Gasteiger partial charge >= 0.3 is 0 Å². The maximum Gasteiger partial charge on any atom is 0.255 e. The van der Waals surface area contributed by atoms with Gasteiger partial charge in [0.25, 0.3) is 5.56 Å². The van der Waals surface area contributed by atoms with E-state index in [1.807, 2.05) is 30.5 Å². The summed E-state index contributed by atoms with van der Waals surface area (Å²) in [5.74, 6) is 0.123.